The zero-order chi connectivity index (χ0) is 17.6. The van der Waals surface area contributed by atoms with Gasteiger partial charge in [-0.05, 0) is 27.7 Å². The number of aliphatic carboxylic acids is 1. The van der Waals surface area contributed by atoms with Gasteiger partial charge < -0.3 is 20.0 Å². The average Bonchev–Trinajstić information content (AvgIpc) is 2.85. The van der Waals surface area contributed by atoms with E-state index in [1.807, 2.05) is 0 Å². The fourth-order valence-corrected chi connectivity index (χ4v) is 1.91. The summed E-state index contributed by atoms with van der Waals surface area (Å²) in [5.74, 6) is -2.06. The molecule has 0 fully saturated rings. The van der Waals surface area contributed by atoms with Gasteiger partial charge in [-0.2, -0.15) is 0 Å². The maximum Gasteiger partial charge on any atom is 0.360 e. The Labute approximate surface area is 136 Å². The van der Waals surface area contributed by atoms with Gasteiger partial charge in [-0.15, -0.1) is 11.3 Å². The van der Waals surface area contributed by atoms with E-state index in [4.69, 9.17) is 14.7 Å². The molecule has 1 atom stereocenters. The number of hydrogen-bond acceptors (Lipinski definition) is 8. The molecule has 2 N–H and O–H groups in total. The van der Waals surface area contributed by atoms with Crippen LogP contribution >= 0.6 is 11.3 Å². The first kappa shape index (κ1) is 18.6. The van der Waals surface area contributed by atoms with E-state index in [0.29, 0.717) is 6.41 Å². The quantitative estimate of drug-likeness (QED) is 0.330. The van der Waals surface area contributed by atoms with Crippen LogP contribution in [0.4, 0.5) is 5.13 Å². The van der Waals surface area contributed by atoms with E-state index in [-0.39, 0.29) is 10.8 Å². The van der Waals surface area contributed by atoms with Crippen molar-refractivity contribution in [2.45, 2.75) is 39.4 Å². The number of carboxylic acids is 1. The van der Waals surface area contributed by atoms with Crippen molar-refractivity contribution < 1.29 is 29.1 Å². The maximum absolute atomic E-state index is 11.7. The minimum atomic E-state index is -1.38. The summed E-state index contributed by atoms with van der Waals surface area (Å²) in [6.45, 7) is 6.47. The van der Waals surface area contributed by atoms with Crippen LogP contribution in [0.1, 0.15) is 33.4 Å². The Bertz CT molecular complexity index is 619. The normalized spacial score (nSPS) is 13.1. The molecule has 1 aromatic rings. The first-order valence-corrected chi connectivity index (χ1v) is 7.38. The molecule has 0 aliphatic rings. The van der Waals surface area contributed by atoms with Crippen molar-refractivity contribution >= 4 is 40.5 Å². The lowest BCUT2D eigenvalue weighted by Gasteiger charge is -2.21. The molecule has 0 saturated heterocycles. The second-order valence-electron chi connectivity index (χ2n) is 5.33. The van der Waals surface area contributed by atoms with Crippen molar-refractivity contribution in [3.05, 3.63) is 11.1 Å². The Morgan fingerprint density at radius 3 is 2.65 bits per heavy atom. The molecule has 0 aromatic carbocycles. The number of hydrogen-bond donors (Lipinski definition) is 2. The SMILES string of the molecule is CC(O/N=C(/C(=O)O)c1csc(NC=O)n1)C(=O)OC(C)(C)C. The Morgan fingerprint density at radius 2 is 2.13 bits per heavy atom. The van der Waals surface area contributed by atoms with E-state index in [1.54, 1.807) is 20.8 Å². The third kappa shape index (κ3) is 6.02. The van der Waals surface area contributed by atoms with Crippen molar-refractivity contribution in [1.29, 1.82) is 0 Å². The minimum Gasteiger partial charge on any atom is -0.476 e. The molecule has 0 spiro atoms. The number of esters is 1. The number of carbonyl (C=O) groups excluding carboxylic acids is 2. The van der Waals surface area contributed by atoms with Gasteiger partial charge in [0.05, 0.1) is 0 Å². The summed E-state index contributed by atoms with van der Waals surface area (Å²) in [5.41, 5.74) is -1.18. The molecule has 1 heterocycles. The first-order valence-electron chi connectivity index (χ1n) is 6.50. The van der Waals surface area contributed by atoms with E-state index in [1.165, 1.54) is 12.3 Å². The number of rotatable bonds is 7. The number of nitrogens with one attached hydrogen (secondary N) is 1. The molecule has 0 bridgehead atoms. The molecule has 0 aliphatic heterocycles. The highest BCUT2D eigenvalue weighted by molar-refractivity contribution is 7.14. The molecule has 0 radical (unpaired) electrons. The highest BCUT2D eigenvalue weighted by Crippen LogP contribution is 2.16. The number of amides is 1. The number of aromatic nitrogens is 1. The summed E-state index contributed by atoms with van der Waals surface area (Å²) >= 11 is 1.02. The molecule has 126 valence electrons. The lowest BCUT2D eigenvalue weighted by Crippen LogP contribution is -2.31. The van der Waals surface area contributed by atoms with Crippen molar-refractivity contribution in [3.8, 4) is 0 Å². The van der Waals surface area contributed by atoms with Gasteiger partial charge in [-0.25, -0.2) is 14.6 Å². The second-order valence-corrected chi connectivity index (χ2v) is 6.18. The summed E-state index contributed by atoms with van der Waals surface area (Å²) in [6, 6.07) is 0. The van der Waals surface area contributed by atoms with Crippen LogP contribution in [0, 0.1) is 0 Å². The van der Waals surface area contributed by atoms with Gasteiger partial charge in [0.15, 0.2) is 5.13 Å². The number of thiazole rings is 1. The molecule has 1 unspecified atom stereocenters. The number of carboxylic acid groups (broad SMARTS) is 1. The van der Waals surface area contributed by atoms with Crippen LogP contribution < -0.4 is 5.32 Å². The van der Waals surface area contributed by atoms with Crippen LogP contribution in [0.2, 0.25) is 0 Å². The van der Waals surface area contributed by atoms with Crippen LogP contribution in [0.5, 0.6) is 0 Å². The van der Waals surface area contributed by atoms with Crippen LogP contribution in [-0.4, -0.2) is 45.9 Å². The van der Waals surface area contributed by atoms with Gasteiger partial charge in [0, 0.05) is 5.38 Å². The number of carbonyl (C=O) groups is 3. The second kappa shape index (κ2) is 7.68. The summed E-state index contributed by atoms with van der Waals surface area (Å²) in [6.07, 6.45) is -0.670. The number of nitrogens with zero attached hydrogens (tertiary/aromatic N) is 2. The van der Waals surface area contributed by atoms with Gasteiger partial charge in [-0.1, -0.05) is 5.16 Å². The zero-order valence-corrected chi connectivity index (χ0v) is 13.8. The predicted molar refractivity (Wildman–Crippen MR) is 82.4 cm³/mol. The van der Waals surface area contributed by atoms with Gasteiger partial charge in [0.25, 0.3) is 0 Å². The minimum absolute atomic E-state index is 0.00300. The summed E-state index contributed by atoms with van der Waals surface area (Å²) in [7, 11) is 0. The first-order chi connectivity index (χ1) is 10.6. The third-order valence-electron chi connectivity index (χ3n) is 2.17. The molecule has 1 aromatic heterocycles. The van der Waals surface area contributed by atoms with Crippen LogP contribution in [-0.2, 0) is 24.0 Å². The van der Waals surface area contributed by atoms with Gasteiger partial charge in [0.2, 0.25) is 18.2 Å². The average molecular weight is 343 g/mol. The summed E-state index contributed by atoms with van der Waals surface area (Å²) in [4.78, 5) is 42.1. The van der Waals surface area contributed by atoms with Crippen molar-refractivity contribution in [2.75, 3.05) is 5.32 Å². The van der Waals surface area contributed by atoms with Crippen molar-refractivity contribution in [3.63, 3.8) is 0 Å². The van der Waals surface area contributed by atoms with Crippen molar-refractivity contribution in [1.82, 2.24) is 4.98 Å². The van der Waals surface area contributed by atoms with Crippen LogP contribution in [0.3, 0.4) is 0 Å². The van der Waals surface area contributed by atoms with Crippen LogP contribution in [0.25, 0.3) is 0 Å². The van der Waals surface area contributed by atoms with Gasteiger partial charge in [-0.3, -0.25) is 4.79 Å². The molecule has 1 amide bonds. The smallest absolute Gasteiger partial charge is 0.360 e. The fourth-order valence-electron chi connectivity index (χ4n) is 1.25. The molecular formula is C13H17N3O6S. The Morgan fingerprint density at radius 1 is 1.48 bits per heavy atom. The molecule has 1 rings (SSSR count). The molecule has 0 saturated carbocycles. The Balaban J connectivity index is 2.84. The molecule has 23 heavy (non-hydrogen) atoms. The van der Waals surface area contributed by atoms with Crippen LogP contribution in [0.15, 0.2) is 10.5 Å². The number of anilines is 1. The summed E-state index contributed by atoms with van der Waals surface area (Å²) in [5, 5.41) is 16.5. The van der Waals surface area contributed by atoms with E-state index in [9.17, 15) is 14.4 Å². The number of ether oxygens (including phenoxy) is 1. The Hall–Kier alpha value is -2.49. The van der Waals surface area contributed by atoms with Crippen molar-refractivity contribution in [2.24, 2.45) is 5.16 Å². The molecular weight excluding hydrogens is 326 g/mol. The summed E-state index contributed by atoms with van der Waals surface area (Å²) < 4.78 is 5.09. The monoisotopic (exact) mass is 343 g/mol. The highest BCUT2D eigenvalue weighted by atomic mass is 32.1. The maximum atomic E-state index is 11.7. The fraction of sp³-hybridized carbons (Fsp3) is 0.462. The standard InChI is InChI=1S/C13H17N3O6S/c1-7(11(20)21-13(2,3)4)22-16-9(10(18)19)8-5-23-12(15-8)14-6-17/h5-7H,1-4H3,(H,18,19)(H,14,15,17)/b16-9+. The lowest BCUT2D eigenvalue weighted by atomic mass is 10.2. The predicted octanol–water partition coefficient (Wildman–Crippen LogP) is 1.25. The molecule has 10 heteroatoms. The van der Waals surface area contributed by atoms with E-state index in [0.717, 1.165) is 11.3 Å². The third-order valence-corrected chi connectivity index (χ3v) is 2.95. The topological polar surface area (TPSA) is 127 Å². The van der Waals surface area contributed by atoms with Gasteiger partial charge in [0.1, 0.15) is 11.3 Å². The van der Waals surface area contributed by atoms with E-state index >= 15 is 0 Å². The Kier molecular flexibility index (Phi) is 6.19. The number of oxime groups is 1. The zero-order valence-electron chi connectivity index (χ0n) is 13.0. The largest absolute Gasteiger partial charge is 0.476 e. The van der Waals surface area contributed by atoms with E-state index < -0.39 is 29.4 Å². The molecule has 9 nitrogen and oxygen atoms in total. The highest BCUT2D eigenvalue weighted by Gasteiger charge is 2.24. The van der Waals surface area contributed by atoms with E-state index in [2.05, 4.69) is 15.5 Å². The van der Waals surface area contributed by atoms with Gasteiger partial charge >= 0.3 is 11.9 Å². The lowest BCUT2D eigenvalue weighted by molar-refractivity contribution is -0.167. The molecule has 0 aliphatic carbocycles.